The summed E-state index contributed by atoms with van der Waals surface area (Å²) < 4.78 is 0. The summed E-state index contributed by atoms with van der Waals surface area (Å²) >= 11 is 0. The van der Waals surface area contributed by atoms with Gasteiger partial charge in [-0.1, -0.05) is 38.1 Å². The molecule has 0 spiro atoms. The lowest BCUT2D eigenvalue weighted by Gasteiger charge is -2.23. The molecule has 1 aromatic carbocycles. The van der Waals surface area contributed by atoms with Gasteiger partial charge in [0.25, 0.3) is 0 Å². The molecule has 6 heteroatoms. The fourth-order valence-electron chi connectivity index (χ4n) is 3.23. The number of benzene rings is 1. The summed E-state index contributed by atoms with van der Waals surface area (Å²) in [5, 5.41) is 2.50. The lowest BCUT2D eigenvalue weighted by Crippen LogP contribution is -2.35. The van der Waals surface area contributed by atoms with E-state index < -0.39 is 0 Å². The molecule has 0 atom stereocenters. The standard InChI is InChI=1S/C20H27N3O3/c1-14(2)16-7-5-15(6-8-16)13-23(17-9-10-17)18(24)4-3-11-22-19(25)12-21-20(22)26/h5-8,14,17H,3-4,9-13H2,1-2H3,(H,21,26). The highest BCUT2D eigenvalue weighted by atomic mass is 16.2. The molecule has 1 N–H and O–H groups in total. The Labute approximate surface area is 154 Å². The first-order valence-electron chi connectivity index (χ1n) is 9.42. The quantitative estimate of drug-likeness (QED) is 0.727. The number of hydrogen-bond donors (Lipinski definition) is 1. The maximum atomic E-state index is 12.7. The summed E-state index contributed by atoms with van der Waals surface area (Å²) in [4.78, 5) is 38.9. The van der Waals surface area contributed by atoms with Crippen molar-refractivity contribution < 1.29 is 14.4 Å². The zero-order chi connectivity index (χ0) is 18.7. The van der Waals surface area contributed by atoms with Crippen LogP contribution >= 0.6 is 0 Å². The molecule has 26 heavy (non-hydrogen) atoms. The van der Waals surface area contributed by atoms with E-state index in [0.717, 1.165) is 18.4 Å². The number of imide groups is 1. The van der Waals surface area contributed by atoms with Crippen molar-refractivity contribution in [2.45, 2.75) is 58.0 Å². The van der Waals surface area contributed by atoms with Gasteiger partial charge in [-0.15, -0.1) is 0 Å². The molecule has 4 amide bonds. The van der Waals surface area contributed by atoms with Gasteiger partial charge in [0.1, 0.15) is 0 Å². The smallest absolute Gasteiger partial charge is 0.324 e. The van der Waals surface area contributed by atoms with Gasteiger partial charge in [-0.2, -0.15) is 0 Å². The van der Waals surface area contributed by atoms with Crippen molar-refractivity contribution in [1.82, 2.24) is 15.1 Å². The van der Waals surface area contributed by atoms with Gasteiger partial charge in [0.2, 0.25) is 11.8 Å². The molecule has 2 fully saturated rings. The molecule has 3 rings (SSSR count). The average molecular weight is 357 g/mol. The second kappa shape index (κ2) is 7.89. The van der Waals surface area contributed by atoms with E-state index in [1.807, 2.05) is 4.90 Å². The number of nitrogens with zero attached hydrogens (tertiary/aromatic N) is 2. The molecule has 1 saturated carbocycles. The summed E-state index contributed by atoms with van der Waals surface area (Å²) in [5.74, 6) is 0.384. The second-order valence-corrected chi connectivity index (χ2v) is 7.46. The molecule has 6 nitrogen and oxygen atoms in total. The lowest BCUT2D eigenvalue weighted by atomic mass is 10.0. The maximum Gasteiger partial charge on any atom is 0.324 e. The zero-order valence-corrected chi connectivity index (χ0v) is 15.5. The van der Waals surface area contributed by atoms with Crippen molar-refractivity contribution in [3.8, 4) is 0 Å². The van der Waals surface area contributed by atoms with Gasteiger partial charge in [0.05, 0.1) is 6.54 Å². The van der Waals surface area contributed by atoms with Crippen LogP contribution in [-0.2, 0) is 16.1 Å². The third kappa shape index (κ3) is 4.42. The number of carbonyl (C=O) groups excluding carboxylic acids is 3. The Bertz CT molecular complexity index is 664. The molecule has 1 aliphatic heterocycles. The molecule has 1 aliphatic carbocycles. The van der Waals surface area contributed by atoms with Crippen LogP contribution in [0.3, 0.4) is 0 Å². The van der Waals surface area contributed by atoms with Crippen LogP contribution in [0.25, 0.3) is 0 Å². The number of nitrogens with one attached hydrogen (secondary N) is 1. The largest absolute Gasteiger partial charge is 0.335 e. The number of hydrogen-bond acceptors (Lipinski definition) is 3. The van der Waals surface area contributed by atoms with Gasteiger partial charge in [0.15, 0.2) is 0 Å². The van der Waals surface area contributed by atoms with Crippen molar-refractivity contribution in [3.63, 3.8) is 0 Å². The molecule has 140 valence electrons. The monoisotopic (exact) mass is 357 g/mol. The summed E-state index contributed by atoms with van der Waals surface area (Å²) in [5.41, 5.74) is 2.44. The van der Waals surface area contributed by atoms with Gasteiger partial charge >= 0.3 is 6.03 Å². The minimum Gasteiger partial charge on any atom is -0.335 e. The Kier molecular flexibility index (Phi) is 5.59. The Hall–Kier alpha value is -2.37. The molecule has 0 radical (unpaired) electrons. The van der Waals surface area contributed by atoms with Crippen molar-refractivity contribution in [3.05, 3.63) is 35.4 Å². The first-order valence-corrected chi connectivity index (χ1v) is 9.42. The summed E-state index contributed by atoms with van der Waals surface area (Å²) in [7, 11) is 0. The predicted octanol–water partition coefficient (Wildman–Crippen LogP) is 2.63. The van der Waals surface area contributed by atoms with Gasteiger partial charge in [-0.25, -0.2) is 4.79 Å². The van der Waals surface area contributed by atoms with Crippen LogP contribution in [0, 0.1) is 0 Å². The van der Waals surface area contributed by atoms with Crippen LogP contribution in [0.4, 0.5) is 4.79 Å². The van der Waals surface area contributed by atoms with E-state index in [-0.39, 0.29) is 24.4 Å². The van der Waals surface area contributed by atoms with Crippen LogP contribution in [0.15, 0.2) is 24.3 Å². The Morgan fingerprint density at radius 3 is 2.46 bits per heavy atom. The summed E-state index contributed by atoms with van der Waals surface area (Å²) in [6, 6.07) is 8.45. The van der Waals surface area contributed by atoms with Crippen LogP contribution in [-0.4, -0.2) is 46.8 Å². The third-order valence-corrected chi connectivity index (χ3v) is 5.02. The molecule has 0 aromatic heterocycles. The highest BCUT2D eigenvalue weighted by Gasteiger charge is 2.33. The Balaban J connectivity index is 1.53. The normalized spacial score (nSPS) is 17.0. The van der Waals surface area contributed by atoms with Crippen LogP contribution in [0.2, 0.25) is 0 Å². The van der Waals surface area contributed by atoms with E-state index in [0.29, 0.717) is 37.9 Å². The van der Waals surface area contributed by atoms with E-state index in [9.17, 15) is 14.4 Å². The van der Waals surface area contributed by atoms with E-state index >= 15 is 0 Å². The SMILES string of the molecule is CC(C)c1ccc(CN(C(=O)CCCN2C(=O)CNC2=O)C2CC2)cc1. The third-order valence-electron chi connectivity index (χ3n) is 5.02. The van der Waals surface area contributed by atoms with E-state index in [4.69, 9.17) is 0 Å². The van der Waals surface area contributed by atoms with Gasteiger partial charge in [0, 0.05) is 25.6 Å². The summed E-state index contributed by atoms with van der Waals surface area (Å²) in [6.45, 7) is 5.33. The number of urea groups is 1. The first kappa shape index (κ1) is 18.4. The molecule has 1 aromatic rings. The number of rotatable bonds is 8. The highest BCUT2D eigenvalue weighted by Crippen LogP contribution is 2.29. The Morgan fingerprint density at radius 2 is 1.92 bits per heavy atom. The van der Waals surface area contributed by atoms with Crippen molar-refractivity contribution in [1.29, 1.82) is 0 Å². The molecule has 1 saturated heterocycles. The van der Waals surface area contributed by atoms with Crippen molar-refractivity contribution in [2.75, 3.05) is 13.1 Å². The minimum absolute atomic E-state index is 0.0628. The number of amides is 4. The topological polar surface area (TPSA) is 69.7 Å². The van der Waals surface area contributed by atoms with E-state index in [1.165, 1.54) is 10.5 Å². The molecule has 1 heterocycles. The van der Waals surface area contributed by atoms with Crippen LogP contribution in [0.1, 0.15) is 56.6 Å². The zero-order valence-electron chi connectivity index (χ0n) is 15.5. The molecule has 0 unspecified atom stereocenters. The first-order chi connectivity index (χ1) is 12.5. The van der Waals surface area contributed by atoms with Gasteiger partial charge in [-0.3, -0.25) is 14.5 Å². The van der Waals surface area contributed by atoms with E-state index in [1.54, 1.807) is 0 Å². The molecular formula is C20H27N3O3. The van der Waals surface area contributed by atoms with Crippen LogP contribution in [0.5, 0.6) is 0 Å². The van der Waals surface area contributed by atoms with Gasteiger partial charge < -0.3 is 10.2 Å². The van der Waals surface area contributed by atoms with Gasteiger partial charge in [-0.05, 0) is 36.3 Å². The molecule has 0 bridgehead atoms. The van der Waals surface area contributed by atoms with Crippen LogP contribution < -0.4 is 5.32 Å². The predicted molar refractivity (Wildman–Crippen MR) is 98.4 cm³/mol. The van der Waals surface area contributed by atoms with Crippen molar-refractivity contribution >= 4 is 17.8 Å². The average Bonchev–Trinajstić information content (AvgIpc) is 3.41. The maximum absolute atomic E-state index is 12.7. The number of carbonyl (C=O) groups is 3. The van der Waals surface area contributed by atoms with Crippen molar-refractivity contribution in [2.24, 2.45) is 0 Å². The highest BCUT2D eigenvalue weighted by molar-refractivity contribution is 6.01. The summed E-state index contributed by atoms with van der Waals surface area (Å²) in [6.07, 6.45) is 2.98. The fourth-order valence-corrected chi connectivity index (χ4v) is 3.23. The van der Waals surface area contributed by atoms with E-state index in [2.05, 4.69) is 43.4 Å². The lowest BCUT2D eigenvalue weighted by molar-refractivity contribution is -0.133. The fraction of sp³-hybridized carbons (Fsp3) is 0.550. The molecule has 2 aliphatic rings. The molecular weight excluding hydrogens is 330 g/mol. The minimum atomic E-state index is -0.355. The Morgan fingerprint density at radius 1 is 1.23 bits per heavy atom. The second-order valence-electron chi connectivity index (χ2n) is 7.46.